The van der Waals surface area contributed by atoms with E-state index in [1.807, 2.05) is 49.4 Å². The van der Waals surface area contributed by atoms with E-state index in [-0.39, 0.29) is 11.9 Å². The molecule has 2 nitrogen and oxygen atoms in total. The first-order chi connectivity index (χ1) is 8.68. The molecule has 18 heavy (non-hydrogen) atoms. The largest absolute Gasteiger partial charge is 0.345 e. The predicted molar refractivity (Wildman–Crippen MR) is 73.8 cm³/mol. The van der Waals surface area contributed by atoms with Crippen molar-refractivity contribution in [3.63, 3.8) is 0 Å². The van der Waals surface area contributed by atoms with Gasteiger partial charge in [-0.1, -0.05) is 48.0 Å². The van der Waals surface area contributed by atoms with Crippen molar-refractivity contribution in [2.75, 3.05) is 0 Å². The third-order valence-corrected chi connectivity index (χ3v) is 3.10. The summed E-state index contributed by atoms with van der Waals surface area (Å²) in [5.74, 6) is -0.0944. The molecule has 3 heteroatoms. The van der Waals surface area contributed by atoms with Gasteiger partial charge >= 0.3 is 0 Å². The van der Waals surface area contributed by atoms with E-state index in [9.17, 15) is 4.79 Å². The van der Waals surface area contributed by atoms with Crippen molar-refractivity contribution in [3.8, 4) is 0 Å². The smallest absolute Gasteiger partial charge is 0.251 e. The maximum absolute atomic E-state index is 12.0. The van der Waals surface area contributed by atoms with E-state index < -0.39 is 0 Å². The number of nitrogens with one attached hydrogen (secondary N) is 1. The lowest BCUT2D eigenvalue weighted by Gasteiger charge is -2.15. The molecule has 1 amide bonds. The molecule has 0 bridgehead atoms. The van der Waals surface area contributed by atoms with Crippen molar-refractivity contribution < 1.29 is 4.79 Å². The maximum Gasteiger partial charge on any atom is 0.251 e. The summed E-state index contributed by atoms with van der Waals surface area (Å²) in [5.41, 5.74) is 1.57. The van der Waals surface area contributed by atoms with Gasteiger partial charge in [0, 0.05) is 10.6 Å². The van der Waals surface area contributed by atoms with E-state index >= 15 is 0 Å². The Morgan fingerprint density at radius 2 is 1.67 bits per heavy atom. The highest BCUT2D eigenvalue weighted by atomic mass is 35.5. The SMILES string of the molecule is C[C@@H](NC(=O)c1ccccc1)c1ccccc1Cl. The van der Waals surface area contributed by atoms with Crippen molar-refractivity contribution in [3.05, 3.63) is 70.7 Å². The van der Waals surface area contributed by atoms with Crippen molar-refractivity contribution in [2.45, 2.75) is 13.0 Å². The molecular formula is C15H14ClNO. The van der Waals surface area contributed by atoms with E-state index in [1.165, 1.54) is 0 Å². The summed E-state index contributed by atoms with van der Waals surface area (Å²) in [6, 6.07) is 16.5. The second kappa shape index (κ2) is 5.69. The van der Waals surface area contributed by atoms with Gasteiger partial charge in [-0.3, -0.25) is 4.79 Å². The van der Waals surface area contributed by atoms with Crippen LogP contribution in [0.4, 0.5) is 0 Å². The Hall–Kier alpha value is -1.80. The molecule has 0 saturated heterocycles. The molecule has 0 saturated carbocycles. The fourth-order valence-electron chi connectivity index (χ4n) is 1.77. The van der Waals surface area contributed by atoms with Crippen LogP contribution in [0.5, 0.6) is 0 Å². The van der Waals surface area contributed by atoms with Crippen molar-refractivity contribution in [1.29, 1.82) is 0 Å². The zero-order valence-corrected chi connectivity index (χ0v) is 10.8. The summed E-state index contributed by atoms with van der Waals surface area (Å²) in [6.07, 6.45) is 0. The zero-order chi connectivity index (χ0) is 13.0. The standard InChI is InChI=1S/C15H14ClNO/c1-11(13-9-5-6-10-14(13)16)17-15(18)12-7-3-2-4-8-12/h2-11H,1H3,(H,17,18)/t11-/m1/s1. The molecule has 2 aromatic rings. The van der Waals surface area contributed by atoms with Crippen LogP contribution in [0.2, 0.25) is 5.02 Å². The van der Waals surface area contributed by atoms with Gasteiger partial charge in [-0.2, -0.15) is 0 Å². The summed E-state index contributed by atoms with van der Waals surface area (Å²) < 4.78 is 0. The molecule has 0 aliphatic rings. The first-order valence-corrected chi connectivity index (χ1v) is 6.16. The van der Waals surface area contributed by atoms with Gasteiger partial charge in [-0.05, 0) is 30.7 Å². The van der Waals surface area contributed by atoms with Gasteiger partial charge in [0.1, 0.15) is 0 Å². The van der Waals surface area contributed by atoms with Crippen LogP contribution >= 0.6 is 11.6 Å². The number of hydrogen-bond acceptors (Lipinski definition) is 1. The lowest BCUT2D eigenvalue weighted by molar-refractivity contribution is 0.0940. The number of hydrogen-bond donors (Lipinski definition) is 1. The van der Waals surface area contributed by atoms with Crippen LogP contribution in [-0.4, -0.2) is 5.91 Å². The molecule has 0 heterocycles. The third-order valence-electron chi connectivity index (χ3n) is 2.76. The van der Waals surface area contributed by atoms with Gasteiger partial charge in [0.15, 0.2) is 0 Å². The Labute approximate surface area is 112 Å². The Balaban J connectivity index is 2.11. The monoisotopic (exact) mass is 259 g/mol. The lowest BCUT2D eigenvalue weighted by Crippen LogP contribution is -2.26. The minimum atomic E-state index is -0.119. The van der Waals surface area contributed by atoms with Crippen LogP contribution in [0, 0.1) is 0 Å². The van der Waals surface area contributed by atoms with Crippen LogP contribution in [0.25, 0.3) is 0 Å². The summed E-state index contributed by atoms with van der Waals surface area (Å²) in [7, 11) is 0. The van der Waals surface area contributed by atoms with Crippen LogP contribution in [0.15, 0.2) is 54.6 Å². The number of rotatable bonds is 3. The Morgan fingerprint density at radius 1 is 1.06 bits per heavy atom. The first-order valence-electron chi connectivity index (χ1n) is 5.79. The molecule has 0 aliphatic carbocycles. The summed E-state index contributed by atoms with van der Waals surface area (Å²) in [6.45, 7) is 1.92. The Bertz CT molecular complexity index is 539. The maximum atomic E-state index is 12.0. The van der Waals surface area contributed by atoms with Crippen LogP contribution in [0.3, 0.4) is 0 Å². The minimum absolute atomic E-state index is 0.0944. The zero-order valence-electron chi connectivity index (χ0n) is 10.1. The van der Waals surface area contributed by atoms with Crippen molar-refractivity contribution in [2.24, 2.45) is 0 Å². The molecule has 92 valence electrons. The second-order valence-electron chi connectivity index (χ2n) is 4.08. The Morgan fingerprint density at radius 3 is 2.33 bits per heavy atom. The summed E-state index contributed by atoms with van der Waals surface area (Å²) in [4.78, 5) is 12.0. The molecule has 0 radical (unpaired) electrons. The number of halogens is 1. The lowest BCUT2D eigenvalue weighted by atomic mass is 10.1. The van der Waals surface area contributed by atoms with Gasteiger partial charge in [0.05, 0.1) is 6.04 Å². The van der Waals surface area contributed by atoms with Crippen molar-refractivity contribution in [1.82, 2.24) is 5.32 Å². The molecule has 2 aromatic carbocycles. The number of benzene rings is 2. The molecule has 1 atom stereocenters. The van der Waals surface area contributed by atoms with E-state index in [1.54, 1.807) is 12.1 Å². The highest BCUT2D eigenvalue weighted by Gasteiger charge is 2.12. The normalized spacial score (nSPS) is 11.9. The van der Waals surface area contributed by atoms with Gasteiger partial charge in [-0.15, -0.1) is 0 Å². The van der Waals surface area contributed by atoms with Gasteiger partial charge < -0.3 is 5.32 Å². The highest BCUT2D eigenvalue weighted by molar-refractivity contribution is 6.31. The van der Waals surface area contributed by atoms with E-state index in [4.69, 9.17) is 11.6 Å². The topological polar surface area (TPSA) is 29.1 Å². The van der Waals surface area contributed by atoms with Gasteiger partial charge in [0.2, 0.25) is 0 Å². The second-order valence-corrected chi connectivity index (χ2v) is 4.49. The van der Waals surface area contributed by atoms with Gasteiger partial charge in [0.25, 0.3) is 5.91 Å². The molecule has 0 aromatic heterocycles. The fraction of sp³-hybridized carbons (Fsp3) is 0.133. The van der Waals surface area contributed by atoms with Crippen LogP contribution < -0.4 is 5.32 Å². The average molecular weight is 260 g/mol. The van der Waals surface area contributed by atoms with Gasteiger partial charge in [-0.25, -0.2) is 0 Å². The number of carbonyl (C=O) groups is 1. The first kappa shape index (κ1) is 12.7. The van der Waals surface area contributed by atoms with E-state index in [0.717, 1.165) is 5.56 Å². The van der Waals surface area contributed by atoms with Crippen LogP contribution in [-0.2, 0) is 0 Å². The molecule has 0 unspecified atom stereocenters. The fourth-order valence-corrected chi connectivity index (χ4v) is 2.07. The molecular weight excluding hydrogens is 246 g/mol. The minimum Gasteiger partial charge on any atom is -0.345 e. The Kier molecular flexibility index (Phi) is 4.00. The third kappa shape index (κ3) is 2.90. The average Bonchev–Trinajstić information content (AvgIpc) is 2.40. The number of carbonyl (C=O) groups excluding carboxylic acids is 1. The quantitative estimate of drug-likeness (QED) is 0.892. The highest BCUT2D eigenvalue weighted by Crippen LogP contribution is 2.22. The molecule has 2 rings (SSSR count). The van der Waals surface area contributed by atoms with E-state index in [0.29, 0.717) is 10.6 Å². The summed E-state index contributed by atoms with van der Waals surface area (Å²) >= 11 is 6.10. The van der Waals surface area contributed by atoms with Crippen LogP contribution in [0.1, 0.15) is 28.9 Å². The molecule has 0 spiro atoms. The predicted octanol–water partition coefficient (Wildman–Crippen LogP) is 3.83. The number of amides is 1. The molecule has 0 fully saturated rings. The molecule has 0 aliphatic heterocycles. The van der Waals surface area contributed by atoms with E-state index in [2.05, 4.69) is 5.32 Å². The van der Waals surface area contributed by atoms with Crippen molar-refractivity contribution >= 4 is 17.5 Å². The molecule has 1 N–H and O–H groups in total. The summed E-state index contributed by atoms with van der Waals surface area (Å²) in [5, 5.41) is 3.60.